The molecule has 1 aliphatic heterocycles. The highest BCUT2D eigenvalue weighted by Crippen LogP contribution is 2.39. The maximum Gasteiger partial charge on any atom is 0.224 e. The predicted molar refractivity (Wildman–Crippen MR) is 112 cm³/mol. The zero-order valence-electron chi connectivity index (χ0n) is 15.2. The molecule has 28 heavy (non-hydrogen) atoms. The van der Waals surface area contributed by atoms with Gasteiger partial charge in [-0.15, -0.1) is 0 Å². The minimum absolute atomic E-state index is 0.219. The number of rotatable bonds is 4. The molecular weight excluding hydrogens is 393 g/mol. The molecule has 1 unspecified atom stereocenters. The van der Waals surface area contributed by atoms with Crippen molar-refractivity contribution in [1.82, 2.24) is 19.5 Å². The van der Waals surface area contributed by atoms with Gasteiger partial charge in [-0.1, -0.05) is 42.6 Å². The second-order valence-corrected chi connectivity index (χ2v) is 8.18. The van der Waals surface area contributed by atoms with Crippen molar-refractivity contribution in [3.8, 4) is 0 Å². The lowest BCUT2D eigenvalue weighted by Gasteiger charge is -2.25. The highest BCUT2D eigenvalue weighted by Gasteiger charge is 2.37. The summed E-state index contributed by atoms with van der Waals surface area (Å²) >= 11 is 12.8. The Bertz CT molecular complexity index is 1080. The Balaban J connectivity index is 1.67. The van der Waals surface area contributed by atoms with E-state index in [1.165, 1.54) is 12.8 Å². The Hall–Kier alpha value is -2.24. The van der Waals surface area contributed by atoms with Crippen LogP contribution in [-0.2, 0) is 12.0 Å². The molecule has 5 nitrogen and oxygen atoms in total. The van der Waals surface area contributed by atoms with E-state index < -0.39 is 5.54 Å². The van der Waals surface area contributed by atoms with Gasteiger partial charge in [0.25, 0.3) is 0 Å². The fourth-order valence-electron chi connectivity index (χ4n) is 4.32. The van der Waals surface area contributed by atoms with Crippen molar-refractivity contribution in [2.45, 2.75) is 43.7 Å². The summed E-state index contributed by atoms with van der Waals surface area (Å²) in [6.07, 6.45) is 13.0. The molecular formula is C21H19Cl2N5. The van der Waals surface area contributed by atoms with Gasteiger partial charge < -0.3 is 4.57 Å². The van der Waals surface area contributed by atoms with Crippen LogP contribution in [-0.4, -0.2) is 25.7 Å². The van der Waals surface area contributed by atoms with E-state index in [2.05, 4.69) is 14.5 Å². The number of aliphatic imine (C=N–C) groups is 1. The van der Waals surface area contributed by atoms with Gasteiger partial charge in [-0.05, 0) is 48.2 Å². The van der Waals surface area contributed by atoms with Crippen LogP contribution >= 0.6 is 23.2 Å². The molecule has 0 spiro atoms. The minimum Gasteiger partial charge on any atom is -0.312 e. The van der Waals surface area contributed by atoms with Gasteiger partial charge in [0, 0.05) is 23.7 Å². The lowest BCUT2D eigenvalue weighted by atomic mass is 9.88. The van der Waals surface area contributed by atoms with Gasteiger partial charge in [0.05, 0.1) is 6.33 Å². The molecule has 1 fully saturated rings. The van der Waals surface area contributed by atoms with E-state index >= 15 is 0 Å². The molecule has 0 radical (unpaired) electrons. The topological polar surface area (TPSA) is 56.0 Å². The van der Waals surface area contributed by atoms with E-state index in [9.17, 15) is 0 Å². The third kappa shape index (κ3) is 2.93. The van der Waals surface area contributed by atoms with Crippen molar-refractivity contribution in [2.75, 3.05) is 0 Å². The molecule has 0 amide bonds. The summed E-state index contributed by atoms with van der Waals surface area (Å²) in [4.78, 5) is 18.6. The Kier molecular flexibility index (Phi) is 4.44. The van der Waals surface area contributed by atoms with Crippen LogP contribution in [0.5, 0.6) is 0 Å². The maximum atomic E-state index is 6.44. The highest BCUT2D eigenvalue weighted by molar-refractivity contribution is 6.31. The third-order valence-electron chi connectivity index (χ3n) is 5.70. The van der Waals surface area contributed by atoms with Gasteiger partial charge in [-0.25, -0.2) is 9.97 Å². The Morgan fingerprint density at radius 1 is 1.11 bits per heavy atom. The second kappa shape index (κ2) is 6.98. The molecule has 3 aromatic rings. The van der Waals surface area contributed by atoms with Crippen molar-refractivity contribution in [2.24, 2.45) is 4.99 Å². The monoisotopic (exact) mass is 411 g/mol. The number of nitrogens with zero attached hydrogens (tertiary/aromatic N) is 5. The first-order valence-corrected chi connectivity index (χ1v) is 10.3. The first kappa shape index (κ1) is 17.8. The summed E-state index contributed by atoms with van der Waals surface area (Å²) in [5.41, 5.74) is 2.59. The molecule has 3 heterocycles. The molecule has 7 heteroatoms. The van der Waals surface area contributed by atoms with Gasteiger partial charge in [0.2, 0.25) is 5.28 Å². The third-order valence-corrected chi connectivity index (χ3v) is 6.24. The van der Waals surface area contributed by atoms with Crippen LogP contribution in [0.1, 0.15) is 43.0 Å². The number of fused-ring (bicyclic) bond motifs is 1. The molecule has 2 aromatic heterocycles. The second-order valence-electron chi connectivity index (χ2n) is 7.43. The number of allylic oxidation sites excluding steroid dienone is 1. The Morgan fingerprint density at radius 3 is 2.68 bits per heavy atom. The van der Waals surface area contributed by atoms with E-state index in [4.69, 9.17) is 33.2 Å². The zero-order valence-corrected chi connectivity index (χ0v) is 16.7. The van der Waals surface area contributed by atoms with Crippen LogP contribution in [0.4, 0.5) is 0 Å². The highest BCUT2D eigenvalue weighted by atomic mass is 35.5. The molecule has 1 aliphatic carbocycles. The van der Waals surface area contributed by atoms with Crippen LogP contribution in [0, 0.1) is 0 Å². The van der Waals surface area contributed by atoms with E-state index in [1.54, 1.807) is 6.21 Å². The molecule has 2 aliphatic rings. The largest absolute Gasteiger partial charge is 0.312 e. The molecule has 1 saturated carbocycles. The molecule has 1 aromatic carbocycles. The molecule has 142 valence electrons. The van der Waals surface area contributed by atoms with Gasteiger partial charge in [0.15, 0.2) is 5.65 Å². The molecule has 0 saturated heterocycles. The van der Waals surface area contributed by atoms with Crippen molar-refractivity contribution in [3.63, 3.8) is 0 Å². The first-order valence-electron chi connectivity index (χ1n) is 9.53. The number of hydrogen-bond acceptors (Lipinski definition) is 4. The van der Waals surface area contributed by atoms with Crippen molar-refractivity contribution in [1.29, 1.82) is 0 Å². The average molecular weight is 412 g/mol. The van der Waals surface area contributed by atoms with Gasteiger partial charge in [0.1, 0.15) is 16.7 Å². The zero-order chi connectivity index (χ0) is 19.1. The van der Waals surface area contributed by atoms with Crippen LogP contribution in [0.25, 0.3) is 11.2 Å². The summed E-state index contributed by atoms with van der Waals surface area (Å²) in [5, 5.41) is 0.932. The van der Waals surface area contributed by atoms with Gasteiger partial charge in [-0.3, -0.25) is 4.99 Å². The van der Waals surface area contributed by atoms with Crippen LogP contribution in [0.3, 0.4) is 0 Å². The summed E-state index contributed by atoms with van der Waals surface area (Å²) in [7, 11) is 0. The standard InChI is InChI=1S/C21H19Cl2N5/c22-16-9-4-1-6-14(16)12-21(10-5-11-25-21)18-17-19(27-20(23)26-18)28(13-24-17)15-7-2-3-8-15/h1,4-6,9-11,13,15H,2-3,7-8,12H2. The lowest BCUT2D eigenvalue weighted by molar-refractivity contribution is 0.528. The number of hydrogen-bond donors (Lipinski definition) is 0. The summed E-state index contributed by atoms with van der Waals surface area (Å²) < 4.78 is 2.16. The minimum atomic E-state index is -0.690. The maximum absolute atomic E-state index is 6.44. The SMILES string of the molecule is Clc1nc(C2(Cc3ccccc3Cl)C=CC=N2)c2ncn(C3CCCC3)c2n1. The summed E-state index contributed by atoms with van der Waals surface area (Å²) in [6.45, 7) is 0. The predicted octanol–water partition coefficient (Wildman–Crippen LogP) is 5.33. The number of halogens is 2. The summed E-state index contributed by atoms with van der Waals surface area (Å²) in [6, 6.07) is 8.24. The molecule has 0 bridgehead atoms. The van der Waals surface area contributed by atoms with Crippen LogP contribution in [0.15, 0.2) is 47.7 Å². The van der Waals surface area contributed by atoms with E-state index in [1.807, 2.05) is 42.7 Å². The quantitative estimate of drug-likeness (QED) is 0.545. The van der Waals surface area contributed by atoms with Crippen molar-refractivity contribution >= 4 is 40.6 Å². The Labute approximate surface area is 173 Å². The average Bonchev–Trinajstić information content (AvgIpc) is 3.43. The number of aromatic nitrogens is 4. The van der Waals surface area contributed by atoms with Crippen LogP contribution < -0.4 is 0 Å². The summed E-state index contributed by atoms with van der Waals surface area (Å²) in [5.74, 6) is 0. The molecule has 1 atom stereocenters. The van der Waals surface area contributed by atoms with Crippen molar-refractivity contribution in [3.05, 3.63) is 64.3 Å². The van der Waals surface area contributed by atoms with E-state index in [-0.39, 0.29) is 5.28 Å². The number of imidazole rings is 1. The van der Waals surface area contributed by atoms with E-state index in [0.29, 0.717) is 17.5 Å². The van der Waals surface area contributed by atoms with E-state index in [0.717, 1.165) is 35.3 Å². The lowest BCUT2D eigenvalue weighted by Crippen LogP contribution is -2.25. The fraction of sp³-hybridized carbons (Fsp3) is 0.333. The molecule has 0 N–H and O–H groups in total. The normalized spacial score (nSPS) is 21.9. The van der Waals surface area contributed by atoms with Gasteiger partial charge >= 0.3 is 0 Å². The first-order chi connectivity index (χ1) is 13.7. The fourth-order valence-corrected chi connectivity index (χ4v) is 4.69. The van der Waals surface area contributed by atoms with Crippen molar-refractivity contribution < 1.29 is 0 Å². The Morgan fingerprint density at radius 2 is 1.93 bits per heavy atom. The molecule has 5 rings (SSSR count). The van der Waals surface area contributed by atoms with Crippen LogP contribution in [0.2, 0.25) is 10.3 Å². The number of benzene rings is 1. The smallest absolute Gasteiger partial charge is 0.224 e. The van der Waals surface area contributed by atoms with Gasteiger partial charge in [-0.2, -0.15) is 4.98 Å².